The Kier molecular flexibility index (Phi) is 8.40. The van der Waals surface area contributed by atoms with Gasteiger partial charge in [-0.2, -0.15) is 5.10 Å². The molecular weight excluding hydrogens is 448 g/mol. The van der Waals surface area contributed by atoms with Gasteiger partial charge in [0.1, 0.15) is 5.75 Å². The van der Waals surface area contributed by atoms with Crippen LogP contribution in [0, 0.1) is 13.8 Å². The van der Waals surface area contributed by atoms with Crippen LogP contribution in [0.2, 0.25) is 0 Å². The number of esters is 1. The molecule has 0 aliphatic carbocycles. The molecule has 0 radical (unpaired) electrons. The van der Waals surface area contributed by atoms with Crippen molar-refractivity contribution in [1.29, 1.82) is 0 Å². The van der Waals surface area contributed by atoms with Crippen molar-refractivity contribution in [2.45, 2.75) is 19.0 Å². The Morgan fingerprint density at radius 3 is 2.61 bits per heavy atom. The first-order valence-electron chi connectivity index (χ1n) is 8.13. The Morgan fingerprint density at radius 1 is 1.25 bits per heavy atom. The quantitative estimate of drug-likeness (QED) is 0.209. The zero-order valence-electron chi connectivity index (χ0n) is 15.6. The van der Waals surface area contributed by atoms with Gasteiger partial charge in [0.15, 0.2) is 11.8 Å². The van der Waals surface area contributed by atoms with Gasteiger partial charge in [0.25, 0.3) is 5.91 Å². The minimum Gasteiger partial charge on any atom is -0.481 e. The number of halogens is 1. The molecular formula is C18H19BrN4O4S. The average Bonchev–Trinajstić information content (AvgIpc) is 2.64. The van der Waals surface area contributed by atoms with Crippen LogP contribution in [0.1, 0.15) is 17.0 Å². The number of amides is 1. The number of benzene rings is 1. The molecule has 0 saturated heterocycles. The van der Waals surface area contributed by atoms with Crippen molar-refractivity contribution in [3.05, 3.63) is 45.7 Å². The van der Waals surface area contributed by atoms with E-state index in [1.807, 2.05) is 19.9 Å². The lowest BCUT2D eigenvalue weighted by Gasteiger charge is -2.07. The van der Waals surface area contributed by atoms with Crippen molar-refractivity contribution < 1.29 is 19.1 Å². The fraction of sp³-hybridized carbons (Fsp3) is 0.278. The molecule has 1 aromatic heterocycles. The van der Waals surface area contributed by atoms with Crippen molar-refractivity contribution in [3.63, 3.8) is 0 Å². The van der Waals surface area contributed by atoms with Gasteiger partial charge in [-0.3, -0.25) is 4.79 Å². The van der Waals surface area contributed by atoms with E-state index in [0.29, 0.717) is 15.4 Å². The Morgan fingerprint density at radius 2 is 1.96 bits per heavy atom. The molecule has 0 aliphatic rings. The summed E-state index contributed by atoms with van der Waals surface area (Å²) in [5, 5.41) is 4.49. The summed E-state index contributed by atoms with van der Waals surface area (Å²) in [7, 11) is 1.29. The zero-order valence-corrected chi connectivity index (χ0v) is 18.0. The number of carbonyl (C=O) groups is 2. The predicted octanol–water partition coefficient (Wildman–Crippen LogP) is 2.65. The van der Waals surface area contributed by atoms with E-state index >= 15 is 0 Å². The van der Waals surface area contributed by atoms with Crippen molar-refractivity contribution in [3.8, 4) is 5.75 Å². The van der Waals surface area contributed by atoms with E-state index in [2.05, 4.69) is 41.2 Å². The van der Waals surface area contributed by atoms with Gasteiger partial charge >= 0.3 is 5.97 Å². The summed E-state index contributed by atoms with van der Waals surface area (Å²) in [6.07, 6.45) is 1.50. The van der Waals surface area contributed by atoms with E-state index in [1.54, 1.807) is 18.2 Å². The van der Waals surface area contributed by atoms with Gasteiger partial charge in [-0.05, 0) is 59.6 Å². The number of ether oxygens (including phenoxy) is 2. The van der Waals surface area contributed by atoms with E-state index in [9.17, 15) is 9.59 Å². The number of hydrogen-bond acceptors (Lipinski definition) is 8. The van der Waals surface area contributed by atoms with Crippen LogP contribution >= 0.6 is 27.7 Å². The minimum atomic E-state index is -0.468. The molecule has 148 valence electrons. The SMILES string of the molecule is COC(=O)COc1ccc(/C=N\NC(=O)CSc2nc(C)cc(C)n2)cc1Br. The summed E-state index contributed by atoms with van der Waals surface area (Å²) < 4.78 is 10.5. The average molecular weight is 467 g/mol. The van der Waals surface area contributed by atoms with Crippen molar-refractivity contribution in [2.75, 3.05) is 19.5 Å². The third kappa shape index (κ3) is 7.28. The Labute approximate surface area is 175 Å². The van der Waals surface area contributed by atoms with Crippen LogP contribution in [0.4, 0.5) is 0 Å². The number of carbonyl (C=O) groups excluding carboxylic acids is 2. The Balaban J connectivity index is 1.83. The minimum absolute atomic E-state index is 0.157. The predicted molar refractivity (Wildman–Crippen MR) is 110 cm³/mol. The molecule has 0 aliphatic heterocycles. The fourth-order valence-electron chi connectivity index (χ4n) is 2.01. The fourth-order valence-corrected chi connectivity index (χ4v) is 3.26. The van der Waals surface area contributed by atoms with Gasteiger partial charge in [-0.1, -0.05) is 11.8 Å². The van der Waals surface area contributed by atoms with Crippen LogP contribution in [0.5, 0.6) is 5.75 Å². The van der Waals surface area contributed by atoms with Gasteiger partial charge < -0.3 is 9.47 Å². The molecule has 1 N–H and O–H groups in total. The van der Waals surface area contributed by atoms with Gasteiger partial charge in [-0.15, -0.1) is 0 Å². The molecule has 1 amide bonds. The molecule has 28 heavy (non-hydrogen) atoms. The molecule has 2 rings (SSSR count). The highest BCUT2D eigenvalue weighted by molar-refractivity contribution is 9.10. The highest BCUT2D eigenvalue weighted by Gasteiger charge is 2.07. The second kappa shape index (κ2) is 10.8. The number of nitrogens with zero attached hydrogens (tertiary/aromatic N) is 3. The first-order valence-corrected chi connectivity index (χ1v) is 9.91. The summed E-state index contributed by atoms with van der Waals surface area (Å²) in [6.45, 7) is 3.58. The van der Waals surface area contributed by atoms with Crippen LogP contribution in [0.15, 0.2) is 39.0 Å². The highest BCUT2D eigenvalue weighted by Crippen LogP contribution is 2.25. The second-order valence-electron chi connectivity index (χ2n) is 5.57. The Hall–Kier alpha value is -2.46. The van der Waals surface area contributed by atoms with Crippen LogP contribution in [-0.2, 0) is 14.3 Å². The maximum absolute atomic E-state index is 11.9. The van der Waals surface area contributed by atoms with Crippen LogP contribution < -0.4 is 10.2 Å². The third-order valence-electron chi connectivity index (χ3n) is 3.23. The standard InChI is InChI=1S/C18H19BrN4O4S/c1-11-6-12(2)22-18(21-11)28-10-16(24)23-20-8-13-4-5-15(14(19)7-13)27-9-17(25)26-3/h4-8H,9-10H2,1-3H3,(H,23,24)/b20-8-. The van der Waals surface area contributed by atoms with E-state index in [4.69, 9.17) is 4.74 Å². The number of methoxy groups -OCH3 is 1. The highest BCUT2D eigenvalue weighted by atomic mass is 79.9. The largest absolute Gasteiger partial charge is 0.481 e. The van der Waals surface area contributed by atoms with E-state index in [1.165, 1.54) is 25.1 Å². The molecule has 0 atom stereocenters. The zero-order chi connectivity index (χ0) is 20.5. The van der Waals surface area contributed by atoms with Gasteiger partial charge in [-0.25, -0.2) is 20.2 Å². The smallest absolute Gasteiger partial charge is 0.343 e. The number of nitrogens with one attached hydrogen (secondary N) is 1. The van der Waals surface area contributed by atoms with Crippen molar-refractivity contribution >= 4 is 45.8 Å². The van der Waals surface area contributed by atoms with E-state index in [-0.39, 0.29) is 18.3 Å². The summed E-state index contributed by atoms with van der Waals surface area (Å²) in [5.74, 6) is -0.0774. The lowest BCUT2D eigenvalue weighted by atomic mass is 10.2. The van der Waals surface area contributed by atoms with Crippen LogP contribution in [0.25, 0.3) is 0 Å². The van der Waals surface area contributed by atoms with E-state index < -0.39 is 5.97 Å². The Bertz CT molecular complexity index is 872. The second-order valence-corrected chi connectivity index (χ2v) is 7.37. The number of hydrazone groups is 1. The number of hydrogen-bond donors (Lipinski definition) is 1. The summed E-state index contributed by atoms with van der Waals surface area (Å²) >= 11 is 4.61. The van der Waals surface area contributed by atoms with Crippen molar-refractivity contribution in [1.82, 2.24) is 15.4 Å². The molecule has 2 aromatic rings. The molecule has 1 heterocycles. The van der Waals surface area contributed by atoms with Gasteiger partial charge in [0.05, 0.1) is 23.5 Å². The number of aryl methyl sites for hydroxylation is 2. The summed E-state index contributed by atoms with van der Waals surface area (Å²) in [5.41, 5.74) is 4.92. The molecule has 0 fully saturated rings. The number of rotatable bonds is 8. The first-order chi connectivity index (χ1) is 13.4. The summed E-state index contributed by atoms with van der Waals surface area (Å²) in [4.78, 5) is 31.6. The third-order valence-corrected chi connectivity index (χ3v) is 4.69. The molecule has 0 spiro atoms. The normalized spacial score (nSPS) is 10.7. The molecule has 0 bridgehead atoms. The lowest BCUT2D eigenvalue weighted by molar-refractivity contribution is -0.142. The van der Waals surface area contributed by atoms with Crippen LogP contribution in [-0.4, -0.2) is 47.5 Å². The molecule has 0 saturated carbocycles. The van der Waals surface area contributed by atoms with Gasteiger partial charge in [0, 0.05) is 11.4 Å². The van der Waals surface area contributed by atoms with E-state index in [0.717, 1.165) is 17.0 Å². The van der Waals surface area contributed by atoms with Crippen LogP contribution in [0.3, 0.4) is 0 Å². The van der Waals surface area contributed by atoms with Crippen molar-refractivity contribution in [2.24, 2.45) is 5.10 Å². The molecule has 1 aromatic carbocycles. The molecule has 0 unspecified atom stereocenters. The topological polar surface area (TPSA) is 103 Å². The maximum Gasteiger partial charge on any atom is 0.343 e. The lowest BCUT2D eigenvalue weighted by Crippen LogP contribution is -2.19. The maximum atomic E-state index is 11.9. The molecule has 8 nitrogen and oxygen atoms in total. The molecule has 10 heteroatoms. The first kappa shape index (κ1) is 21.8. The number of thioether (sulfide) groups is 1. The summed E-state index contributed by atoms with van der Waals surface area (Å²) in [6, 6.07) is 7.05. The monoisotopic (exact) mass is 466 g/mol. The number of aromatic nitrogens is 2. The van der Waals surface area contributed by atoms with Gasteiger partial charge in [0.2, 0.25) is 0 Å².